The van der Waals surface area contributed by atoms with Crippen LogP contribution in [0.4, 0.5) is 0 Å². The molecule has 0 amide bonds. The number of rotatable bonds is 4. The Morgan fingerprint density at radius 3 is 2.32 bits per heavy atom. The van der Waals surface area contributed by atoms with E-state index in [9.17, 15) is 13.2 Å². The van der Waals surface area contributed by atoms with Crippen LogP contribution in [0, 0.1) is 6.92 Å². The Morgan fingerprint density at radius 1 is 1.00 bits per heavy atom. The molecule has 0 aliphatic carbocycles. The van der Waals surface area contributed by atoms with Gasteiger partial charge in [-0.1, -0.05) is 23.8 Å². The van der Waals surface area contributed by atoms with Crippen LogP contribution in [0.2, 0.25) is 0 Å². The number of aromatic nitrogens is 2. The summed E-state index contributed by atoms with van der Waals surface area (Å²) in [6.45, 7) is 1.88. The number of benzene rings is 2. The van der Waals surface area contributed by atoms with Gasteiger partial charge in [0, 0.05) is 14.1 Å². The summed E-state index contributed by atoms with van der Waals surface area (Å²) in [7, 11) is -0.319. The number of hydrogen-bond acceptors (Lipinski definition) is 4. The van der Waals surface area contributed by atoms with Gasteiger partial charge in [0.15, 0.2) is 0 Å². The average Bonchev–Trinajstić information content (AvgIpc) is 2.79. The lowest BCUT2D eigenvalue weighted by Gasteiger charge is -2.03. The van der Waals surface area contributed by atoms with E-state index in [0.29, 0.717) is 5.56 Å². The number of sulfonamides is 1. The second kappa shape index (κ2) is 6.21. The minimum atomic E-state index is -3.71. The molecular weight excluding hydrogens is 340 g/mol. The number of hydrogen-bond donors (Lipinski definition) is 1. The van der Waals surface area contributed by atoms with Gasteiger partial charge in [-0.3, -0.25) is 9.13 Å². The first-order valence-corrected chi connectivity index (χ1v) is 9.05. The molecule has 3 rings (SSSR count). The predicted molar refractivity (Wildman–Crippen MR) is 97.3 cm³/mol. The summed E-state index contributed by atoms with van der Waals surface area (Å²) < 4.78 is 27.4. The molecule has 0 atom stereocenters. The first kappa shape index (κ1) is 17.0. The molecule has 0 saturated carbocycles. The van der Waals surface area contributed by atoms with Crippen molar-refractivity contribution in [3.63, 3.8) is 0 Å². The number of imidazole rings is 1. The summed E-state index contributed by atoms with van der Waals surface area (Å²) in [6, 6.07) is 11.8. The van der Waals surface area contributed by atoms with Crippen LogP contribution in [-0.2, 0) is 24.1 Å². The summed E-state index contributed by atoms with van der Waals surface area (Å²) in [5.41, 5.74) is 3.08. The molecule has 0 spiro atoms. The standard InChI is InChI=1S/C17H18N4O3S/c1-12-4-7-14(8-5-12)25(23,24)19-18-11-13-6-9-15-16(10-13)21(3)17(22)20(15)2/h4-11,19H,1-3H3/b18-11+. The number of nitrogens with one attached hydrogen (secondary N) is 1. The maximum absolute atomic E-state index is 12.2. The Balaban J connectivity index is 1.85. The van der Waals surface area contributed by atoms with Crippen LogP contribution in [0.1, 0.15) is 11.1 Å². The van der Waals surface area contributed by atoms with E-state index in [1.54, 1.807) is 49.0 Å². The highest BCUT2D eigenvalue weighted by atomic mass is 32.2. The van der Waals surface area contributed by atoms with E-state index >= 15 is 0 Å². The highest BCUT2D eigenvalue weighted by Crippen LogP contribution is 2.13. The fourth-order valence-corrected chi connectivity index (χ4v) is 3.34. The molecule has 1 N–H and O–H groups in total. The molecule has 0 bridgehead atoms. The Hall–Kier alpha value is -2.87. The molecule has 7 nitrogen and oxygen atoms in total. The van der Waals surface area contributed by atoms with Gasteiger partial charge in [0.1, 0.15) is 0 Å². The quantitative estimate of drug-likeness (QED) is 0.566. The highest BCUT2D eigenvalue weighted by molar-refractivity contribution is 7.89. The zero-order valence-corrected chi connectivity index (χ0v) is 14.9. The van der Waals surface area contributed by atoms with Gasteiger partial charge in [-0.05, 0) is 36.8 Å². The van der Waals surface area contributed by atoms with E-state index in [1.165, 1.54) is 22.9 Å². The van der Waals surface area contributed by atoms with Crippen LogP contribution in [0.15, 0.2) is 57.3 Å². The first-order chi connectivity index (χ1) is 11.8. The molecule has 3 aromatic rings. The first-order valence-electron chi connectivity index (χ1n) is 7.56. The summed E-state index contributed by atoms with van der Waals surface area (Å²) >= 11 is 0. The van der Waals surface area contributed by atoms with Gasteiger partial charge in [0.05, 0.1) is 22.1 Å². The van der Waals surface area contributed by atoms with E-state index < -0.39 is 10.0 Å². The van der Waals surface area contributed by atoms with Gasteiger partial charge in [0.2, 0.25) is 0 Å². The molecule has 130 valence electrons. The van der Waals surface area contributed by atoms with E-state index in [2.05, 4.69) is 9.93 Å². The van der Waals surface area contributed by atoms with Crippen LogP contribution in [-0.4, -0.2) is 23.8 Å². The molecule has 0 fully saturated rings. The van der Waals surface area contributed by atoms with Crippen molar-refractivity contribution in [1.29, 1.82) is 0 Å². The smallest absolute Gasteiger partial charge is 0.295 e. The van der Waals surface area contributed by atoms with Crippen molar-refractivity contribution in [2.45, 2.75) is 11.8 Å². The maximum atomic E-state index is 12.2. The van der Waals surface area contributed by atoms with Crippen molar-refractivity contribution in [2.24, 2.45) is 19.2 Å². The van der Waals surface area contributed by atoms with Crippen LogP contribution < -0.4 is 10.5 Å². The third kappa shape index (κ3) is 3.20. The molecular formula is C17H18N4O3S. The largest absolute Gasteiger partial charge is 0.328 e. The van der Waals surface area contributed by atoms with Crippen molar-refractivity contribution in [2.75, 3.05) is 0 Å². The molecule has 0 saturated heterocycles. The zero-order valence-electron chi connectivity index (χ0n) is 14.1. The van der Waals surface area contributed by atoms with Crippen LogP contribution in [0.5, 0.6) is 0 Å². The van der Waals surface area contributed by atoms with Crippen LogP contribution in [0.3, 0.4) is 0 Å². The van der Waals surface area contributed by atoms with Gasteiger partial charge in [-0.2, -0.15) is 13.5 Å². The second-order valence-corrected chi connectivity index (χ2v) is 7.48. The summed E-state index contributed by atoms with van der Waals surface area (Å²) in [5.74, 6) is 0. The topological polar surface area (TPSA) is 85.5 Å². The summed E-state index contributed by atoms with van der Waals surface area (Å²) in [5, 5.41) is 3.82. The van der Waals surface area contributed by atoms with Crippen molar-refractivity contribution in [1.82, 2.24) is 14.0 Å². The minimum Gasteiger partial charge on any atom is -0.295 e. The molecule has 8 heteroatoms. The maximum Gasteiger partial charge on any atom is 0.328 e. The second-order valence-electron chi connectivity index (χ2n) is 5.81. The van der Waals surface area contributed by atoms with Gasteiger partial charge in [0.25, 0.3) is 10.0 Å². The van der Waals surface area contributed by atoms with Gasteiger partial charge >= 0.3 is 5.69 Å². The zero-order chi connectivity index (χ0) is 18.2. The van der Waals surface area contributed by atoms with E-state index in [1.807, 2.05) is 6.92 Å². The molecule has 0 aliphatic rings. The van der Waals surface area contributed by atoms with Gasteiger partial charge in [-0.25, -0.2) is 9.63 Å². The Kier molecular flexibility index (Phi) is 4.22. The van der Waals surface area contributed by atoms with Crippen molar-refractivity contribution in [3.05, 3.63) is 64.1 Å². The third-order valence-corrected chi connectivity index (χ3v) is 5.25. The summed E-state index contributed by atoms with van der Waals surface area (Å²) in [6.07, 6.45) is 1.41. The lowest BCUT2D eigenvalue weighted by Crippen LogP contribution is -2.19. The van der Waals surface area contributed by atoms with Crippen LogP contribution in [0.25, 0.3) is 11.0 Å². The lowest BCUT2D eigenvalue weighted by molar-refractivity contribution is 0.584. The lowest BCUT2D eigenvalue weighted by atomic mass is 10.2. The number of fused-ring (bicyclic) bond motifs is 1. The molecule has 2 aromatic carbocycles. The van der Waals surface area contributed by atoms with E-state index in [4.69, 9.17) is 0 Å². The number of aryl methyl sites for hydroxylation is 3. The average molecular weight is 358 g/mol. The highest BCUT2D eigenvalue weighted by Gasteiger charge is 2.12. The van der Waals surface area contributed by atoms with Crippen LogP contribution >= 0.6 is 0 Å². The number of hydrazone groups is 1. The van der Waals surface area contributed by atoms with Gasteiger partial charge in [-0.15, -0.1) is 0 Å². The van der Waals surface area contributed by atoms with Crippen molar-refractivity contribution in [3.8, 4) is 0 Å². The SMILES string of the molecule is Cc1ccc(S(=O)(=O)N/N=C/c2ccc3c(c2)n(C)c(=O)n3C)cc1. The predicted octanol–water partition coefficient (Wildman–Crippen LogP) is 1.50. The van der Waals surface area contributed by atoms with E-state index in [0.717, 1.165) is 16.6 Å². The Labute approximate surface area is 145 Å². The summed E-state index contributed by atoms with van der Waals surface area (Å²) in [4.78, 5) is 14.3. The fraction of sp³-hybridized carbons (Fsp3) is 0.176. The normalized spacial score (nSPS) is 12.1. The minimum absolute atomic E-state index is 0.121. The fourth-order valence-electron chi connectivity index (χ4n) is 2.54. The molecule has 1 aromatic heterocycles. The third-order valence-electron chi connectivity index (χ3n) is 4.01. The molecule has 25 heavy (non-hydrogen) atoms. The monoisotopic (exact) mass is 358 g/mol. The van der Waals surface area contributed by atoms with Crippen molar-refractivity contribution < 1.29 is 8.42 Å². The molecule has 0 aliphatic heterocycles. The number of nitrogens with zero attached hydrogens (tertiary/aromatic N) is 3. The Bertz CT molecular complexity index is 1120. The van der Waals surface area contributed by atoms with E-state index in [-0.39, 0.29) is 10.6 Å². The van der Waals surface area contributed by atoms with Gasteiger partial charge < -0.3 is 0 Å². The molecule has 1 heterocycles. The van der Waals surface area contributed by atoms with Crippen molar-refractivity contribution >= 4 is 27.3 Å². The molecule has 0 unspecified atom stereocenters. The molecule has 0 radical (unpaired) electrons. The Morgan fingerprint density at radius 2 is 1.64 bits per heavy atom.